The van der Waals surface area contributed by atoms with E-state index >= 15 is 0 Å². The summed E-state index contributed by atoms with van der Waals surface area (Å²) in [5.41, 5.74) is 0.674. The number of carbonyl (C=O) groups excluding carboxylic acids is 1. The Morgan fingerprint density at radius 1 is 1.21 bits per heavy atom. The molecular formula is C16H13F2N5O. The summed E-state index contributed by atoms with van der Waals surface area (Å²) in [5, 5.41) is 6.60. The van der Waals surface area contributed by atoms with Crippen LogP contribution in [0.25, 0.3) is 5.82 Å². The zero-order valence-electron chi connectivity index (χ0n) is 12.5. The number of aromatic nitrogens is 4. The summed E-state index contributed by atoms with van der Waals surface area (Å²) in [6.07, 6.45) is 4.53. The molecule has 0 atom stereocenters. The van der Waals surface area contributed by atoms with Gasteiger partial charge in [-0.15, -0.1) is 0 Å². The summed E-state index contributed by atoms with van der Waals surface area (Å²) in [7, 11) is 0. The first-order valence-electron chi connectivity index (χ1n) is 7.17. The quantitative estimate of drug-likeness (QED) is 0.781. The van der Waals surface area contributed by atoms with Crippen molar-refractivity contribution >= 4 is 11.6 Å². The molecule has 0 aliphatic heterocycles. The predicted octanol–water partition coefficient (Wildman–Crippen LogP) is 2.51. The van der Waals surface area contributed by atoms with Crippen LogP contribution >= 0.6 is 0 Å². The zero-order chi connectivity index (χ0) is 16.9. The van der Waals surface area contributed by atoms with E-state index in [-0.39, 0.29) is 24.3 Å². The van der Waals surface area contributed by atoms with Gasteiger partial charge < -0.3 is 5.32 Å². The summed E-state index contributed by atoms with van der Waals surface area (Å²) < 4.78 is 28.1. The van der Waals surface area contributed by atoms with Crippen LogP contribution in [0.2, 0.25) is 0 Å². The molecule has 24 heavy (non-hydrogen) atoms. The van der Waals surface area contributed by atoms with Crippen molar-refractivity contribution in [3.05, 3.63) is 66.4 Å². The van der Waals surface area contributed by atoms with Gasteiger partial charge in [-0.2, -0.15) is 5.10 Å². The number of carbonyl (C=O) groups is 1. The molecule has 0 unspecified atom stereocenters. The number of nitrogens with zero attached hydrogens (tertiary/aromatic N) is 4. The molecular weight excluding hydrogens is 316 g/mol. The zero-order valence-corrected chi connectivity index (χ0v) is 12.5. The lowest BCUT2D eigenvalue weighted by Crippen LogP contribution is -2.13. The van der Waals surface area contributed by atoms with E-state index < -0.39 is 11.6 Å². The van der Waals surface area contributed by atoms with Crippen LogP contribution in [0.15, 0.2) is 49.2 Å². The molecule has 0 saturated heterocycles. The van der Waals surface area contributed by atoms with E-state index in [1.807, 2.05) is 0 Å². The highest BCUT2D eigenvalue weighted by Gasteiger charge is 2.10. The van der Waals surface area contributed by atoms with Crippen molar-refractivity contribution < 1.29 is 13.6 Å². The topological polar surface area (TPSA) is 72.7 Å². The van der Waals surface area contributed by atoms with Crippen LogP contribution in [-0.4, -0.2) is 25.7 Å². The number of aryl methyl sites for hydroxylation is 1. The summed E-state index contributed by atoms with van der Waals surface area (Å²) in [6, 6.07) is 7.26. The summed E-state index contributed by atoms with van der Waals surface area (Å²) in [4.78, 5) is 19.9. The highest BCUT2D eigenvalue weighted by Crippen LogP contribution is 2.14. The molecule has 2 heterocycles. The number of hydrogen-bond acceptors (Lipinski definition) is 4. The largest absolute Gasteiger partial charge is 0.325 e. The predicted molar refractivity (Wildman–Crippen MR) is 82.5 cm³/mol. The van der Waals surface area contributed by atoms with Gasteiger partial charge in [0.25, 0.3) is 0 Å². The molecule has 0 aliphatic rings. The minimum atomic E-state index is -0.916. The smallest absolute Gasteiger partial charge is 0.224 e. The van der Waals surface area contributed by atoms with Crippen molar-refractivity contribution in [3.8, 4) is 5.82 Å². The Labute approximate surface area is 136 Å². The number of amides is 1. The molecule has 1 N–H and O–H groups in total. The first-order valence-corrected chi connectivity index (χ1v) is 7.17. The van der Waals surface area contributed by atoms with Gasteiger partial charge in [-0.3, -0.25) is 4.79 Å². The molecule has 0 spiro atoms. The Balaban J connectivity index is 1.58. The minimum Gasteiger partial charge on any atom is -0.325 e. The third-order valence-electron chi connectivity index (χ3n) is 3.34. The normalized spacial score (nSPS) is 10.6. The van der Waals surface area contributed by atoms with Gasteiger partial charge >= 0.3 is 0 Å². The van der Waals surface area contributed by atoms with Crippen LogP contribution < -0.4 is 5.32 Å². The van der Waals surface area contributed by atoms with Gasteiger partial charge in [-0.1, -0.05) is 12.1 Å². The van der Waals surface area contributed by atoms with Crippen LogP contribution in [0, 0.1) is 11.6 Å². The summed E-state index contributed by atoms with van der Waals surface area (Å²) in [5.74, 6) is -1.58. The van der Waals surface area contributed by atoms with E-state index in [0.29, 0.717) is 11.5 Å². The number of nitrogens with one attached hydrogen (secondary N) is 1. The second-order valence-corrected chi connectivity index (χ2v) is 5.01. The third-order valence-corrected chi connectivity index (χ3v) is 3.34. The average Bonchev–Trinajstić information content (AvgIpc) is 3.11. The van der Waals surface area contributed by atoms with Crippen LogP contribution in [-0.2, 0) is 11.2 Å². The van der Waals surface area contributed by atoms with Crippen molar-refractivity contribution in [2.75, 3.05) is 5.32 Å². The molecule has 6 nitrogen and oxygen atoms in total. The van der Waals surface area contributed by atoms with Crippen molar-refractivity contribution in [1.82, 2.24) is 19.7 Å². The van der Waals surface area contributed by atoms with Gasteiger partial charge in [0.2, 0.25) is 5.91 Å². The molecule has 0 radical (unpaired) electrons. The fraction of sp³-hybridized carbons (Fsp3) is 0.125. The van der Waals surface area contributed by atoms with E-state index in [1.54, 1.807) is 12.1 Å². The van der Waals surface area contributed by atoms with Crippen molar-refractivity contribution in [2.45, 2.75) is 12.8 Å². The highest BCUT2D eigenvalue weighted by atomic mass is 19.2. The molecule has 3 aromatic rings. The van der Waals surface area contributed by atoms with Gasteiger partial charge in [0.1, 0.15) is 12.7 Å². The molecule has 122 valence electrons. The lowest BCUT2D eigenvalue weighted by Gasteiger charge is -2.07. The number of hydrogen-bond donors (Lipinski definition) is 1. The van der Waals surface area contributed by atoms with E-state index in [4.69, 9.17) is 0 Å². The Hall–Kier alpha value is -3.16. The number of anilines is 1. The molecule has 0 fully saturated rings. The van der Waals surface area contributed by atoms with Crippen molar-refractivity contribution in [3.63, 3.8) is 0 Å². The van der Waals surface area contributed by atoms with Crippen LogP contribution in [0.1, 0.15) is 12.0 Å². The second-order valence-electron chi connectivity index (χ2n) is 5.01. The fourth-order valence-electron chi connectivity index (χ4n) is 2.14. The van der Waals surface area contributed by atoms with E-state index in [9.17, 15) is 13.6 Å². The first-order chi connectivity index (χ1) is 11.6. The molecule has 1 aromatic carbocycles. The van der Waals surface area contributed by atoms with Crippen molar-refractivity contribution in [2.24, 2.45) is 0 Å². The Bertz CT molecular complexity index is 834. The second kappa shape index (κ2) is 6.95. The van der Waals surface area contributed by atoms with Gasteiger partial charge in [0.05, 0.1) is 11.9 Å². The molecule has 1 amide bonds. The van der Waals surface area contributed by atoms with Gasteiger partial charge in [-0.05, 0) is 30.2 Å². The molecule has 8 heteroatoms. The maximum atomic E-state index is 13.5. The van der Waals surface area contributed by atoms with E-state index in [1.165, 1.54) is 35.7 Å². The fourth-order valence-corrected chi connectivity index (χ4v) is 2.14. The van der Waals surface area contributed by atoms with Gasteiger partial charge in [0.15, 0.2) is 17.5 Å². The maximum Gasteiger partial charge on any atom is 0.224 e. The summed E-state index contributed by atoms with van der Waals surface area (Å²) >= 11 is 0. The Morgan fingerprint density at radius 2 is 2.08 bits per heavy atom. The van der Waals surface area contributed by atoms with Crippen LogP contribution in [0.5, 0.6) is 0 Å². The molecule has 0 bridgehead atoms. The monoisotopic (exact) mass is 329 g/mol. The standard InChI is InChI=1S/C16H13F2N5O/c17-13-3-1-2-11(16(13)18)4-7-15(24)22-12-5-6-14(20-8-12)23-10-19-9-21-23/h1-3,5-6,8-10H,4,7H2,(H,22,24). The number of rotatable bonds is 5. The number of pyridine rings is 1. The SMILES string of the molecule is O=C(CCc1cccc(F)c1F)Nc1ccc(-n2cncn2)nc1. The Morgan fingerprint density at radius 3 is 2.79 bits per heavy atom. The Kier molecular flexibility index (Phi) is 4.55. The highest BCUT2D eigenvalue weighted by molar-refractivity contribution is 5.90. The molecule has 3 rings (SSSR count). The third kappa shape index (κ3) is 3.60. The lowest BCUT2D eigenvalue weighted by molar-refractivity contribution is -0.116. The van der Waals surface area contributed by atoms with Gasteiger partial charge in [0, 0.05) is 6.42 Å². The van der Waals surface area contributed by atoms with Crippen LogP contribution in [0.4, 0.5) is 14.5 Å². The van der Waals surface area contributed by atoms with E-state index in [0.717, 1.165) is 6.07 Å². The number of halogens is 2. The van der Waals surface area contributed by atoms with Gasteiger partial charge in [-0.25, -0.2) is 23.4 Å². The average molecular weight is 329 g/mol. The molecule has 0 aliphatic carbocycles. The number of benzene rings is 1. The van der Waals surface area contributed by atoms with Crippen molar-refractivity contribution in [1.29, 1.82) is 0 Å². The maximum absolute atomic E-state index is 13.5. The van der Waals surface area contributed by atoms with Crippen LogP contribution in [0.3, 0.4) is 0 Å². The minimum absolute atomic E-state index is 0.0329. The molecule has 2 aromatic heterocycles. The molecule has 0 saturated carbocycles. The summed E-state index contributed by atoms with van der Waals surface area (Å²) in [6.45, 7) is 0. The first kappa shape index (κ1) is 15.7. The van der Waals surface area contributed by atoms with E-state index in [2.05, 4.69) is 20.4 Å². The lowest BCUT2D eigenvalue weighted by atomic mass is 10.1.